The minimum absolute atomic E-state index is 0.0783. The number of amides is 1. The molecule has 1 aromatic carbocycles. The van der Waals surface area contributed by atoms with Crippen LogP contribution in [0.1, 0.15) is 18.9 Å². The van der Waals surface area contributed by atoms with Crippen LogP contribution < -0.4 is 4.74 Å². The van der Waals surface area contributed by atoms with Crippen molar-refractivity contribution in [2.75, 3.05) is 27.3 Å². The Morgan fingerprint density at radius 1 is 1.40 bits per heavy atom. The van der Waals surface area contributed by atoms with Crippen LogP contribution in [-0.2, 0) is 9.53 Å². The predicted molar refractivity (Wildman–Crippen MR) is 75.4 cm³/mol. The van der Waals surface area contributed by atoms with Gasteiger partial charge in [-0.2, -0.15) is 5.26 Å². The number of nitrogens with zero attached hydrogens (tertiary/aromatic N) is 2. The first-order valence-electron chi connectivity index (χ1n) is 6.49. The van der Waals surface area contributed by atoms with Crippen LogP contribution in [-0.4, -0.2) is 44.2 Å². The Morgan fingerprint density at radius 3 is 2.60 bits per heavy atom. The van der Waals surface area contributed by atoms with E-state index in [1.165, 1.54) is 0 Å². The molecule has 1 rings (SSSR count). The molecule has 0 saturated heterocycles. The van der Waals surface area contributed by atoms with E-state index >= 15 is 0 Å². The number of hydrogen-bond acceptors (Lipinski definition) is 4. The number of benzene rings is 1. The van der Waals surface area contributed by atoms with Crippen molar-refractivity contribution in [3.05, 3.63) is 29.8 Å². The lowest BCUT2D eigenvalue weighted by atomic mass is 10.2. The summed E-state index contributed by atoms with van der Waals surface area (Å²) in [5, 5.41) is 8.71. The minimum atomic E-state index is -0.560. The summed E-state index contributed by atoms with van der Waals surface area (Å²) in [5.74, 6) is 0.501. The molecule has 1 amide bonds. The molecule has 0 heterocycles. The zero-order chi connectivity index (χ0) is 15.0. The quantitative estimate of drug-likeness (QED) is 0.713. The molecule has 5 heteroatoms. The van der Waals surface area contributed by atoms with Crippen LogP contribution in [0.25, 0.3) is 0 Å². The first kappa shape index (κ1) is 16.0. The molecule has 0 aliphatic heterocycles. The van der Waals surface area contributed by atoms with Crippen LogP contribution in [0, 0.1) is 11.3 Å². The fourth-order valence-electron chi connectivity index (χ4n) is 1.73. The maximum atomic E-state index is 12.1. The summed E-state index contributed by atoms with van der Waals surface area (Å²) in [7, 11) is 3.38. The second kappa shape index (κ2) is 8.18. The van der Waals surface area contributed by atoms with Gasteiger partial charge in [0.15, 0.2) is 6.10 Å². The lowest BCUT2D eigenvalue weighted by molar-refractivity contribution is -0.136. The molecule has 1 atom stereocenters. The summed E-state index contributed by atoms with van der Waals surface area (Å²) in [6, 6.07) is 8.73. The van der Waals surface area contributed by atoms with Crippen LogP contribution in [0.15, 0.2) is 24.3 Å². The van der Waals surface area contributed by atoms with Gasteiger partial charge < -0.3 is 14.4 Å². The summed E-state index contributed by atoms with van der Waals surface area (Å²) >= 11 is 0. The second-order valence-electron chi connectivity index (χ2n) is 4.50. The molecule has 0 fully saturated rings. The van der Waals surface area contributed by atoms with E-state index in [1.54, 1.807) is 50.2 Å². The smallest absolute Gasteiger partial charge is 0.263 e. The van der Waals surface area contributed by atoms with Crippen molar-refractivity contribution >= 4 is 5.91 Å². The average molecular weight is 276 g/mol. The summed E-state index contributed by atoms with van der Waals surface area (Å²) in [5.41, 5.74) is 0.563. The molecule has 108 valence electrons. The number of carbonyl (C=O) groups is 1. The van der Waals surface area contributed by atoms with E-state index in [1.807, 2.05) is 6.07 Å². The highest BCUT2D eigenvalue weighted by atomic mass is 16.5. The van der Waals surface area contributed by atoms with Crippen LogP contribution in [0.5, 0.6) is 5.75 Å². The number of likely N-dealkylation sites (N-methyl/N-ethyl adjacent to an activating group) is 1. The lowest BCUT2D eigenvalue weighted by Gasteiger charge is -2.22. The fourth-order valence-corrected chi connectivity index (χ4v) is 1.73. The topological polar surface area (TPSA) is 62.6 Å². The van der Waals surface area contributed by atoms with Gasteiger partial charge in [0.05, 0.1) is 11.6 Å². The molecule has 0 aromatic heterocycles. The normalized spacial score (nSPS) is 11.5. The molecule has 0 spiro atoms. The number of hydrogen-bond donors (Lipinski definition) is 0. The molecular formula is C15H20N2O3. The van der Waals surface area contributed by atoms with E-state index in [-0.39, 0.29) is 5.91 Å². The summed E-state index contributed by atoms with van der Waals surface area (Å²) in [4.78, 5) is 13.7. The SMILES string of the molecule is COCCCN(C)C(=O)C(C)Oc1ccc(C#N)cc1. The van der Waals surface area contributed by atoms with Crippen LogP contribution in [0.4, 0.5) is 0 Å². The molecule has 5 nitrogen and oxygen atoms in total. The Bertz CT molecular complexity index is 465. The van der Waals surface area contributed by atoms with E-state index in [4.69, 9.17) is 14.7 Å². The van der Waals surface area contributed by atoms with Crippen molar-refractivity contribution < 1.29 is 14.3 Å². The summed E-state index contributed by atoms with van der Waals surface area (Å²) in [6.45, 7) is 2.98. The highest BCUT2D eigenvalue weighted by Crippen LogP contribution is 2.14. The number of nitriles is 1. The Balaban J connectivity index is 2.49. The maximum absolute atomic E-state index is 12.1. The van der Waals surface area contributed by atoms with E-state index < -0.39 is 6.10 Å². The fraction of sp³-hybridized carbons (Fsp3) is 0.467. The Hall–Kier alpha value is -2.06. The maximum Gasteiger partial charge on any atom is 0.263 e. The first-order chi connectivity index (χ1) is 9.58. The van der Waals surface area contributed by atoms with Crippen LogP contribution in [0.3, 0.4) is 0 Å². The zero-order valence-corrected chi connectivity index (χ0v) is 12.1. The molecule has 0 bridgehead atoms. The zero-order valence-electron chi connectivity index (χ0n) is 12.1. The summed E-state index contributed by atoms with van der Waals surface area (Å²) in [6.07, 6.45) is 0.234. The van der Waals surface area contributed by atoms with Crippen molar-refractivity contribution in [2.45, 2.75) is 19.4 Å². The molecule has 1 aromatic rings. The van der Waals surface area contributed by atoms with E-state index in [9.17, 15) is 4.79 Å². The van der Waals surface area contributed by atoms with Gasteiger partial charge in [-0.25, -0.2) is 0 Å². The van der Waals surface area contributed by atoms with E-state index in [0.717, 1.165) is 6.42 Å². The first-order valence-corrected chi connectivity index (χ1v) is 6.49. The molecule has 0 saturated carbocycles. The van der Waals surface area contributed by atoms with Crippen molar-refractivity contribution in [2.24, 2.45) is 0 Å². The van der Waals surface area contributed by atoms with Crippen molar-refractivity contribution in [3.63, 3.8) is 0 Å². The van der Waals surface area contributed by atoms with Crippen LogP contribution in [0.2, 0.25) is 0 Å². The standard InChI is InChI=1S/C15H20N2O3/c1-12(15(18)17(2)9-4-10-19-3)20-14-7-5-13(11-16)6-8-14/h5-8,12H,4,9-10H2,1-3H3. The van der Waals surface area contributed by atoms with Gasteiger partial charge in [0.1, 0.15) is 5.75 Å². The lowest BCUT2D eigenvalue weighted by Crippen LogP contribution is -2.38. The monoisotopic (exact) mass is 276 g/mol. The Labute approximate surface area is 119 Å². The second-order valence-corrected chi connectivity index (χ2v) is 4.50. The van der Waals surface area contributed by atoms with Crippen LogP contribution >= 0.6 is 0 Å². The van der Waals surface area contributed by atoms with Gasteiger partial charge in [0.25, 0.3) is 5.91 Å². The number of methoxy groups -OCH3 is 1. The third-order valence-corrected chi connectivity index (χ3v) is 2.86. The van der Waals surface area contributed by atoms with Crippen molar-refractivity contribution in [1.82, 2.24) is 4.90 Å². The number of carbonyl (C=O) groups excluding carboxylic acids is 1. The highest BCUT2D eigenvalue weighted by molar-refractivity contribution is 5.80. The molecule has 0 aliphatic carbocycles. The van der Waals surface area contributed by atoms with E-state index in [0.29, 0.717) is 24.5 Å². The van der Waals surface area contributed by atoms with Gasteiger partial charge in [-0.1, -0.05) is 0 Å². The molecule has 20 heavy (non-hydrogen) atoms. The van der Waals surface area contributed by atoms with Gasteiger partial charge in [-0.05, 0) is 37.6 Å². The molecule has 0 N–H and O–H groups in total. The molecule has 0 radical (unpaired) electrons. The Morgan fingerprint density at radius 2 is 2.05 bits per heavy atom. The van der Waals surface area contributed by atoms with Gasteiger partial charge >= 0.3 is 0 Å². The highest BCUT2D eigenvalue weighted by Gasteiger charge is 2.18. The minimum Gasteiger partial charge on any atom is -0.481 e. The molecule has 0 aliphatic rings. The molecule has 1 unspecified atom stereocenters. The third kappa shape index (κ3) is 4.90. The van der Waals surface area contributed by atoms with Crippen molar-refractivity contribution in [3.8, 4) is 11.8 Å². The van der Waals surface area contributed by atoms with Gasteiger partial charge in [-0.15, -0.1) is 0 Å². The van der Waals surface area contributed by atoms with Crippen molar-refractivity contribution in [1.29, 1.82) is 5.26 Å². The Kier molecular flexibility index (Phi) is 6.54. The summed E-state index contributed by atoms with van der Waals surface area (Å²) < 4.78 is 10.5. The predicted octanol–water partition coefficient (Wildman–Crippen LogP) is 1.82. The van der Waals surface area contributed by atoms with Gasteiger partial charge in [-0.3, -0.25) is 4.79 Å². The largest absolute Gasteiger partial charge is 0.481 e. The molecular weight excluding hydrogens is 256 g/mol. The van der Waals surface area contributed by atoms with Gasteiger partial charge in [0, 0.05) is 27.3 Å². The third-order valence-electron chi connectivity index (χ3n) is 2.86. The number of ether oxygens (including phenoxy) is 2. The number of rotatable bonds is 7. The van der Waals surface area contributed by atoms with Gasteiger partial charge in [0.2, 0.25) is 0 Å². The van der Waals surface area contributed by atoms with E-state index in [2.05, 4.69) is 0 Å². The average Bonchev–Trinajstić information content (AvgIpc) is 2.47.